The first-order valence-corrected chi connectivity index (χ1v) is 7.82. The molecule has 1 aromatic heterocycles. The molecule has 1 aliphatic heterocycles. The average Bonchev–Trinajstić information content (AvgIpc) is 2.57. The molecular formula is C12H18BrNO2S. The zero-order chi connectivity index (χ0) is 12.5. The maximum atomic E-state index is 11.9. The first-order chi connectivity index (χ1) is 8.08. The third-order valence-corrected chi connectivity index (χ3v) is 5.89. The largest absolute Gasteiger partial charge is 0.381 e. The minimum Gasteiger partial charge on any atom is -0.381 e. The molecule has 0 saturated carbocycles. The molecule has 2 heterocycles. The van der Waals surface area contributed by atoms with E-state index in [0.29, 0.717) is 0 Å². The summed E-state index contributed by atoms with van der Waals surface area (Å²) in [6, 6.07) is 0. The summed E-state index contributed by atoms with van der Waals surface area (Å²) in [7, 11) is 0. The molecule has 96 valence electrons. The predicted molar refractivity (Wildman–Crippen MR) is 74.3 cm³/mol. The molecule has 3 nitrogen and oxygen atoms in total. The van der Waals surface area contributed by atoms with Crippen molar-refractivity contribution in [2.75, 3.05) is 18.5 Å². The number of thiazole rings is 1. The zero-order valence-electron chi connectivity index (χ0n) is 10.3. The Labute approximate surface area is 114 Å². The number of hydrogen-bond acceptors (Lipinski definition) is 3. The van der Waals surface area contributed by atoms with Crippen molar-refractivity contribution in [2.45, 2.75) is 33.2 Å². The topological polar surface area (TPSA) is 31.2 Å². The van der Waals surface area contributed by atoms with Crippen LogP contribution in [0.25, 0.3) is 0 Å². The molecule has 1 saturated heterocycles. The number of hydrogen-bond donors (Lipinski definition) is 0. The Morgan fingerprint density at radius 2 is 2.06 bits per heavy atom. The van der Waals surface area contributed by atoms with Crippen LogP contribution in [0.4, 0.5) is 0 Å². The lowest BCUT2D eigenvalue weighted by molar-refractivity contribution is 0.0181. The lowest BCUT2D eigenvalue weighted by atomic mass is 9.82. The van der Waals surface area contributed by atoms with Crippen LogP contribution in [0.3, 0.4) is 0 Å². The van der Waals surface area contributed by atoms with Gasteiger partial charge in [0, 0.05) is 41.1 Å². The fourth-order valence-corrected chi connectivity index (χ4v) is 3.81. The first kappa shape index (κ1) is 13.3. The molecule has 0 amide bonds. The molecule has 1 fully saturated rings. The second-order valence-corrected chi connectivity index (χ2v) is 6.57. The standard InChI is InChI=1S/C12H18BrNO2S/c1-9-10(2)17-11(15)14(9)8-12(7-13)3-5-16-6-4-12/h3-8H2,1-2H3. The minimum atomic E-state index is 0.173. The molecule has 0 unspecified atom stereocenters. The van der Waals surface area contributed by atoms with E-state index in [1.54, 1.807) is 0 Å². The second kappa shape index (κ2) is 5.24. The van der Waals surface area contributed by atoms with Crippen LogP contribution in [-0.4, -0.2) is 23.1 Å². The molecule has 0 aromatic carbocycles. The molecule has 0 atom stereocenters. The van der Waals surface area contributed by atoms with Crippen molar-refractivity contribution in [3.8, 4) is 0 Å². The van der Waals surface area contributed by atoms with Gasteiger partial charge in [0.1, 0.15) is 0 Å². The van der Waals surface area contributed by atoms with Gasteiger partial charge >= 0.3 is 4.87 Å². The van der Waals surface area contributed by atoms with Crippen LogP contribution in [0.5, 0.6) is 0 Å². The van der Waals surface area contributed by atoms with Crippen molar-refractivity contribution in [3.63, 3.8) is 0 Å². The number of rotatable bonds is 3. The van der Waals surface area contributed by atoms with E-state index in [9.17, 15) is 4.79 Å². The van der Waals surface area contributed by atoms with Gasteiger partial charge in [0.2, 0.25) is 0 Å². The van der Waals surface area contributed by atoms with E-state index in [1.165, 1.54) is 11.3 Å². The normalized spacial score (nSPS) is 19.5. The van der Waals surface area contributed by atoms with E-state index in [0.717, 1.165) is 48.5 Å². The highest BCUT2D eigenvalue weighted by molar-refractivity contribution is 9.09. The predicted octanol–water partition coefficient (Wildman–Crippen LogP) is 2.72. The fraction of sp³-hybridized carbons (Fsp3) is 0.750. The van der Waals surface area contributed by atoms with E-state index < -0.39 is 0 Å². The van der Waals surface area contributed by atoms with E-state index in [4.69, 9.17) is 4.74 Å². The summed E-state index contributed by atoms with van der Waals surface area (Å²) in [5.74, 6) is 0. The van der Waals surface area contributed by atoms with Crippen molar-refractivity contribution < 1.29 is 4.74 Å². The molecule has 0 N–H and O–H groups in total. The van der Waals surface area contributed by atoms with Crippen molar-refractivity contribution in [2.24, 2.45) is 5.41 Å². The van der Waals surface area contributed by atoms with E-state index in [2.05, 4.69) is 15.9 Å². The van der Waals surface area contributed by atoms with Crippen LogP contribution in [0.15, 0.2) is 4.79 Å². The number of ether oxygens (including phenoxy) is 1. The third kappa shape index (κ3) is 2.66. The number of nitrogens with zero attached hydrogens (tertiary/aromatic N) is 1. The molecule has 1 aromatic rings. The fourth-order valence-electron chi connectivity index (χ4n) is 2.24. The Kier molecular flexibility index (Phi) is 4.10. The SMILES string of the molecule is Cc1sc(=O)n(CC2(CBr)CCOCC2)c1C. The van der Waals surface area contributed by atoms with Crippen LogP contribution in [0.2, 0.25) is 0 Å². The Morgan fingerprint density at radius 1 is 1.41 bits per heavy atom. The number of halogens is 1. The molecule has 5 heteroatoms. The lowest BCUT2D eigenvalue weighted by Gasteiger charge is -2.36. The van der Waals surface area contributed by atoms with Gasteiger partial charge in [0.05, 0.1) is 0 Å². The molecule has 0 spiro atoms. The smallest absolute Gasteiger partial charge is 0.307 e. The summed E-state index contributed by atoms with van der Waals surface area (Å²) >= 11 is 4.97. The zero-order valence-corrected chi connectivity index (χ0v) is 12.7. The van der Waals surface area contributed by atoms with Gasteiger partial charge in [0.15, 0.2) is 0 Å². The van der Waals surface area contributed by atoms with Crippen LogP contribution in [0.1, 0.15) is 23.4 Å². The van der Waals surface area contributed by atoms with Gasteiger partial charge < -0.3 is 9.30 Å². The highest BCUT2D eigenvalue weighted by Crippen LogP contribution is 2.34. The maximum absolute atomic E-state index is 11.9. The summed E-state index contributed by atoms with van der Waals surface area (Å²) in [6.45, 7) is 6.48. The molecule has 2 rings (SSSR count). The van der Waals surface area contributed by atoms with Gasteiger partial charge in [-0.1, -0.05) is 27.3 Å². The van der Waals surface area contributed by atoms with E-state index in [1.807, 2.05) is 18.4 Å². The summed E-state index contributed by atoms with van der Waals surface area (Å²) in [5.41, 5.74) is 1.30. The minimum absolute atomic E-state index is 0.173. The Bertz CT molecular complexity index is 446. The average molecular weight is 320 g/mol. The summed E-state index contributed by atoms with van der Waals surface area (Å²) < 4.78 is 7.36. The molecule has 0 aliphatic carbocycles. The summed E-state index contributed by atoms with van der Waals surface area (Å²) in [4.78, 5) is 13.2. The van der Waals surface area contributed by atoms with Crippen molar-refractivity contribution >= 4 is 27.3 Å². The molecule has 0 bridgehead atoms. The summed E-state index contributed by atoms with van der Waals surface area (Å²) in [6.07, 6.45) is 2.05. The number of alkyl halides is 1. The van der Waals surface area contributed by atoms with Gasteiger partial charge in [-0.2, -0.15) is 0 Å². The van der Waals surface area contributed by atoms with Crippen molar-refractivity contribution in [1.82, 2.24) is 4.57 Å². The number of aryl methyl sites for hydroxylation is 1. The quantitative estimate of drug-likeness (QED) is 0.802. The highest BCUT2D eigenvalue weighted by atomic mass is 79.9. The van der Waals surface area contributed by atoms with Gasteiger partial charge in [0.25, 0.3) is 0 Å². The van der Waals surface area contributed by atoms with Crippen LogP contribution < -0.4 is 4.87 Å². The molecule has 0 radical (unpaired) electrons. The molecule has 17 heavy (non-hydrogen) atoms. The summed E-state index contributed by atoms with van der Waals surface area (Å²) in [5, 5.41) is 0.935. The van der Waals surface area contributed by atoms with Crippen LogP contribution >= 0.6 is 27.3 Å². The Morgan fingerprint density at radius 3 is 2.53 bits per heavy atom. The van der Waals surface area contributed by atoms with Crippen molar-refractivity contribution in [1.29, 1.82) is 0 Å². The van der Waals surface area contributed by atoms with Gasteiger partial charge in [-0.15, -0.1) is 0 Å². The van der Waals surface area contributed by atoms with E-state index >= 15 is 0 Å². The highest BCUT2D eigenvalue weighted by Gasteiger charge is 2.33. The lowest BCUT2D eigenvalue weighted by Crippen LogP contribution is -2.37. The molecule has 1 aliphatic rings. The van der Waals surface area contributed by atoms with Gasteiger partial charge in [-0.3, -0.25) is 4.79 Å². The van der Waals surface area contributed by atoms with Gasteiger partial charge in [-0.05, 0) is 26.7 Å². The number of aromatic nitrogens is 1. The third-order valence-electron chi connectivity index (χ3n) is 3.71. The van der Waals surface area contributed by atoms with E-state index in [-0.39, 0.29) is 10.3 Å². The Hall–Kier alpha value is -0.130. The monoisotopic (exact) mass is 319 g/mol. The van der Waals surface area contributed by atoms with Crippen molar-refractivity contribution in [3.05, 3.63) is 20.2 Å². The van der Waals surface area contributed by atoms with Gasteiger partial charge in [-0.25, -0.2) is 0 Å². The maximum Gasteiger partial charge on any atom is 0.307 e. The Balaban J connectivity index is 2.26. The van der Waals surface area contributed by atoms with Crippen LogP contribution in [-0.2, 0) is 11.3 Å². The van der Waals surface area contributed by atoms with Crippen LogP contribution in [0, 0.1) is 19.3 Å². The second-order valence-electron chi connectivity index (χ2n) is 4.84. The first-order valence-electron chi connectivity index (χ1n) is 5.88. The molecular weight excluding hydrogens is 302 g/mol.